The van der Waals surface area contributed by atoms with Crippen molar-refractivity contribution in [1.82, 2.24) is 10.1 Å². The molecule has 0 unspecified atom stereocenters. The van der Waals surface area contributed by atoms with Crippen molar-refractivity contribution in [2.24, 2.45) is 0 Å². The number of hydrogen-bond donors (Lipinski definition) is 1. The van der Waals surface area contributed by atoms with Crippen LogP contribution in [-0.2, 0) is 16.0 Å². The van der Waals surface area contributed by atoms with E-state index >= 15 is 0 Å². The summed E-state index contributed by atoms with van der Waals surface area (Å²) >= 11 is 0. The number of rotatable bonds is 6. The summed E-state index contributed by atoms with van der Waals surface area (Å²) < 4.78 is 15.0. The number of aryl methyl sites for hydroxylation is 2. The highest BCUT2D eigenvalue weighted by molar-refractivity contribution is 5.95. The van der Waals surface area contributed by atoms with Gasteiger partial charge in [-0.3, -0.25) is 4.79 Å². The molecule has 1 aromatic carbocycles. The Morgan fingerprint density at radius 3 is 2.85 bits per heavy atom. The van der Waals surface area contributed by atoms with E-state index in [9.17, 15) is 9.59 Å². The molecule has 26 heavy (non-hydrogen) atoms. The van der Waals surface area contributed by atoms with Gasteiger partial charge in [-0.25, -0.2) is 4.79 Å². The van der Waals surface area contributed by atoms with E-state index in [2.05, 4.69) is 20.2 Å². The fraction of sp³-hybridized carbons (Fsp3) is 0.222. The van der Waals surface area contributed by atoms with Crippen LogP contribution in [0.1, 0.15) is 28.2 Å². The highest BCUT2D eigenvalue weighted by atomic mass is 16.5. The summed E-state index contributed by atoms with van der Waals surface area (Å²) in [5.74, 6) is 0.489. The molecule has 0 saturated heterocycles. The molecule has 0 spiro atoms. The zero-order valence-corrected chi connectivity index (χ0v) is 14.3. The number of carbonyl (C=O) groups is 2. The third-order valence-electron chi connectivity index (χ3n) is 3.71. The fourth-order valence-electron chi connectivity index (χ4n) is 2.30. The number of anilines is 1. The quantitative estimate of drug-likeness (QED) is 0.677. The van der Waals surface area contributed by atoms with Crippen molar-refractivity contribution in [3.8, 4) is 11.6 Å². The monoisotopic (exact) mass is 355 g/mol. The number of hydrogen-bond acceptors (Lipinski definition) is 7. The van der Waals surface area contributed by atoms with Crippen molar-refractivity contribution in [3.63, 3.8) is 0 Å². The second kappa shape index (κ2) is 7.64. The number of esters is 1. The molecule has 0 fully saturated rings. The molecule has 0 atom stereocenters. The van der Waals surface area contributed by atoms with Gasteiger partial charge in [0.25, 0.3) is 0 Å². The predicted molar refractivity (Wildman–Crippen MR) is 91.5 cm³/mol. The molecule has 0 radical (unpaired) electrons. The molecule has 0 bridgehead atoms. The Hall–Kier alpha value is -3.42. The van der Waals surface area contributed by atoms with Crippen LogP contribution in [-0.4, -0.2) is 29.1 Å². The minimum atomic E-state index is -0.461. The van der Waals surface area contributed by atoms with Crippen molar-refractivity contribution in [2.75, 3.05) is 12.4 Å². The average molecular weight is 355 g/mol. The molecule has 0 aliphatic carbocycles. The zero-order chi connectivity index (χ0) is 18.5. The summed E-state index contributed by atoms with van der Waals surface area (Å²) in [6.45, 7) is 1.84. The Morgan fingerprint density at radius 2 is 2.12 bits per heavy atom. The van der Waals surface area contributed by atoms with E-state index in [1.165, 1.54) is 13.4 Å². The van der Waals surface area contributed by atoms with E-state index in [4.69, 9.17) is 8.94 Å². The average Bonchev–Trinajstić information content (AvgIpc) is 3.32. The van der Waals surface area contributed by atoms with Crippen LogP contribution >= 0.6 is 0 Å². The third-order valence-corrected chi connectivity index (χ3v) is 3.71. The Balaban J connectivity index is 1.60. The number of amides is 1. The minimum absolute atomic E-state index is 0.154. The van der Waals surface area contributed by atoms with Crippen LogP contribution in [0.2, 0.25) is 0 Å². The van der Waals surface area contributed by atoms with Crippen LogP contribution in [0, 0.1) is 6.92 Å². The highest BCUT2D eigenvalue weighted by Crippen LogP contribution is 2.19. The van der Waals surface area contributed by atoms with Crippen molar-refractivity contribution in [1.29, 1.82) is 0 Å². The zero-order valence-electron chi connectivity index (χ0n) is 14.3. The van der Waals surface area contributed by atoms with E-state index in [0.717, 1.165) is 5.56 Å². The van der Waals surface area contributed by atoms with Crippen LogP contribution in [0.25, 0.3) is 11.6 Å². The van der Waals surface area contributed by atoms with Gasteiger partial charge in [0, 0.05) is 18.5 Å². The maximum atomic E-state index is 12.2. The van der Waals surface area contributed by atoms with E-state index in [1.807, 2.05) is 6.92 Å². The number of nitrogens with zero attached hydrogens (tertiary/aromatic N) is 2. The van der Waals surface area contributed by atoms with Crippen molar-refractivity contribution >= 4 is 17.6 Å². The molecule has 3 rings (SSSR count). The van der Waals surface area contributed by atoms with Crippen molar-refractivity contribution < 1.29 is 23.3 Å². The summed E-state index contributed by atoms with van der Waals surface area (Å²) in [7, 11) is 1.31. The van der Waals surface area contributed by atoms with Gasteiger partial charge in [0.1, 0.15) is 0 Å². The molecule has 3 aromatic rings. The topological polar surface area (TPSA) is 107 Å². The summed E-state index contributed by atoms with van der Waals surface area (Å²) in [5, 5.41) is 6.59. The molecule has 0 aliphatic heterocycles. The first kappa shape index (κ1) is 17.4. The van der Waals surface area contributed by atoms with Gasteiger partial charge >= 0.3 is 5.97 Å². The molecule has 1 amide bonds. The summed E-state index contributed by atoms with van der Waals surface area (Å²) in [6.07, 6.45) is 1.96. The molecule has 2 heterocycles. The Morgan fingerprint density at radius 1 is 1.27 bits per heavy atom. The highest BCUT2D eigenvalue weighted by Gasteiger charge is 2.14. The first-order chi connectivity index (χ1) is 12.6. The summed E-state index contributed by atoms with van der Waals surface area (Å²) in [4.78, 5) is 28.0. The SMILES string of the molecule is COC(=O)c1ccc(C)c(NC(=O)CCc2nc(-c3ccco3)no2)c1. The Labute approximate surface area is 149 Å². The molecule has 134 valence electrons. The molecule has 0 saturated carbocycles. The maximum absolute atomic E-state index is 12.2. The van der Waals surface area contributed by atoms with Crippen LogP contribution in [0.3, 0.4) is 0 Å². The van der Waals surface area contributed by atoms with Crippen molar-refractivity contribution in [2.45, 2.75) is 19.8 Å². The van der Waals surface area contributed by atoms with Crippen LogP contribution in [0.4, 0.5) is 5.69 Å². The third kappa shape index (κ3) is 3.97. The largest absolute Gasteiger partial charge is 0.465 e. The minimum Gasteiger partial charge on any atom is -0.465 e. The molecule has 1 N–H and O–H groups in total. The van der Waals surface area contributed by atoms with Gasteiger partial charge in [0.2, 0.25) is 17.6 Å². The summed E-state index contributed by atoms with van der Waals surface area (Å²) in [6, 6.07) is 8.42. The Bertz CT molecular complexity index is 915. The number of carbonyl (C=O) groups excluding carboxylic acids is 2. The number of nitrogens with one attached hydrogen (secondary N) is 1. The lowest BCUT2D eigenvalue weighted by molar-refractivity contribution is -0.116. The van der Waals surface area contributed by atoms with Gasteiger partial charge < -0.3 is 19.0 Å². The van der Waals surface area contributed by atoms with Crippen LogP contribution in [0.5, 0.6) is 0 Å². The van der Waals surface area contributed by atoms with Gasteiger partial charge in [-0.05, 0) is 36.8 Å². The van der Waals surface area contributed by atoms with Gasteiger partial charge in [-0.1, -0.05) is 11.2 Å². The number of furan rings is 1. The van der Waals surface area contributed by atoms with Gasteiger partial charge in [-0.2, -0.15) is 4.98 Å². The number of ether oxygens (including phenoxy) is 1. The fourth-order valence-corrected chi connectivity index (χ4v) is 2.30. The maximum Gasteiger partial charge on any atom is 0.337 e. The van der Waals surface area contributed by atoms with E-state index < -0.39 is 5.97 Å². The smallest absolute Gasteiger partial charge is 0.337 e. The lowest BCUT2D eigenvalue weighted by Gasteiger charge is -2.09. The standard InChI is InChI=1S/C18H17N3O5/c1-11-5-6-12(18(23)24-2)10-13(11)19-15(22)7-8-16-20-17(21-26-16)14-4-3-9-25-14/h3-6,9-10H,7-8H2,1-2H3,(H,19,22). The molecular weight excluding hydrogens is 338 g/mol. The van der Waals surface area contributed by atoms with E-state index in [-0.39, 0.29) is 18.7 Å². The second-order valence-electron chi connectivity index (χ2n) is 5.56. The molecule has 2 aromatic heterocycles. The van der Waals surface area contributed by atoms with E-state index in [1.54, 1.807) is 30.3 Å². The van der Waals surface area contributed by atoms with Crippen LogP contribution < -0.4 is 5.32 Å². The lowest BCUT2D eigenvalue weighted by Crippen LogP contribution is -2.14. The predicted octanol–water partition coefficient (Wildman–Crippen LogP) is 3.00. The van der Waals surface area contributed by atoms with Gasteiger partial charge in [0.05, 0.1) is 18.9 Å². The molecule has 8 heteroatoms. The first-order valence-corrected chi connectivity index (χ1v) is 7.92. The summed E-state index contributed by atoms with van der Waals surface area (Å²) in [5.41, 5.74) is 1.76. The lowest BCUT2D eigenvalue weighted by atomic mass is 10.1. The normalized spacial score (nSPS) is 10.5. The first-order valence-electron chi connectivity index (χ1n) is 7.92. The number of benzene rings is 1. The number of aromatic nitrogens is 2. The Kier molecular flexibility index (Phi) is 5.12. The number of methoxy groups -OCH3 is 1. The van der Waals surface area contributed by atoms with Gasteiger partial charge in [-0.15, -0.1) is 0 Å². The van der Waals surface area contributed by atoms with Crippen molar-refractivity contribution in [3.05, 3.63) is 53.6 Å². The van der Waals surface area contributed by atoms with E-state index in [0.29, 0.717) is 28.7 Å². The van der Waals surface area contributed by atoms with Gasteiger partial charge in [0.15, 0.2) is 5.76 Å². The molecule has 0 aliphatic rings. The second-order valence-corrected chi connectivity index (χ2v) is 5.56. The molecular formula is C18H17N3O5. The van der Waals surface area contributed by atoms with Crippen LogP contribution in [0.15, 0.2) is 45.5 Å². The molecule has 8 nitrogen and oxygen atoms in total.